The summed E-state index contributed by atoms with van der Waals surface area (Å²) in [5.74, 6) is 1.07. The molecule has 3 aliphatic rings. The normalized spacial score (nSPS) is 15.5. The van der Waals surface area contributed by atoms with Crippen LogP contribution in [0.4, 0.5) is 0 Å². The number of para-hydroxylation sites is 1. The highest BCUT2D eigenvalue weighted by Gasteiger charge is 2.26. The van der Waals surface area contributed by atoms with E-state index < -0.39 is 0 Å². The fraction of sp³-hybridized carbons (Fsp3) is 0.118. The summed E-state index contributed by atoms with van der Waals surface area (Å²) in [6.45, 7) is 0. The Hall–Kier alpha value is -6.45. The Morgan fingerprint density at radius 1 is 0.574 bits per heavy atom. The van der Waals surface area contributed by atoms with Crippen LogP contribution in [0, 0.1) is 0 Å². The van der Waals surface area contributed by atoms with E-state index in [2.05, 4.69) is 162 Å². The minimum Gasteiger partial charge on any atom is -0.460 e. The Labute approximate surface area is 314 Å². The van der Waals surface area contributed by atoms with Crippen LogP contribution in [0.15, 0.2) is 156 Å². The van der Waals surface area contributed by atoms with Crippen LogP contribution in [0.2, 0.25) is 0 Å². The second kappa shape index (κ2) is 12.6. The quantitative estimate of drug-likeness (QED) is 0.180. The summed E-state index contributed by atoms with van der Waals surface area (Å²) in [5.41, 5.74) is 15.1. The van der Waals surface area contributed by atoms with E-state index in [1.807, 2.05) is 0 Å². The monoisotopic (exact) mass is 694 g/mol. The van der Waals surface area contributed by atoms with Crippen molar-refractivity contribution >= 4 is 66.3 Å². The Kier molecular flexibility index (Phi) is 7.26. The van der Waals surface area contributed by atoms with Gasteiger partial charge in [-0.1, -0.05) is 121 Å². The van der Waals surface area contributed by atoms with Gasteiger partial charge in [0.1, 0.15) is 11.3 Å². The van der Waals surface area contributed by atoms with Gasteiger partial charge in [-0.25, -0.2) is 4.98 Å². The molecule has 0 atom stereocenters. The summed E-state index contributed by atoms with van der Waals surface area (Å²) in [6.07, 6.45) is 21.9. The molecule has 0 radical (unpaired) electrons. The molecule has 3 heterocycles. The van der Waals surface area contributed by atoms with E-state index >= 15 is 0 Å². The first kappa shape index (κ1) is 31.1. The van der Waals surface area contributed by atoms with Crippen LogP contribution in [-0.2, 0) is 6.42 Å². The van der Waals surface area contributed by atoms with Crippen LogP contribution in [0.3, 0.4) is 0 Å². The molecule has 11 rings (SSSR count). The molecular weight excluding hydrogens is 657 g/mol. The standard InChI is InChI=1S/C51H38N2O/c1-3-13-33(14-4-1)35-23-25-37(26-24-35)45-31-39(30-44(52-45)36-16-5-2-6-17-36)43-32-47-49(50-42-20-10-12-22-48(42)54-51(43)50)41-19-9-11-21-46(41)53(47)40-28-27-34-15-7-8-18-38(34)29-40/h1,3-5,7-11,13-21,23,25,27-32H,2,6,12,22,24,26H2. The molecule has 0 saturated carbocycles. The third-order valence-corrected chi connectivity index (χ3v) is 11.6. The fourth-order valence-corrected chi connectivity index (χ4v) is 8.92. The van der Waals surface area contributed by atoms with Crippen LogP contribution in [0.1, 0.15) is 60.4 Å². The zero-order chi connectivity index (χ0) is 35.6. The summed E-state index contributed by atoms with van der Waals surface area (Å²) >= 11 is 0. The molecular formula is C51H38N2O. The number of furan rings is 1. The molecule has 3 nitrogen and oxygen atoms in total. The van der Waals surface area contributed by atoms with Crippen LogP contribution in [0.25, 0.3) is 83.2 Å². The molecule has 0 unspecified atom stereocenters. The second-order valence-electron chi connectivity index (χ2n) is 14.8. The number of hydrogen-bond donors (Lipinski definition) is 0. The summed E-state index contributed by atoms with van der Waals surface area (Å²) in [4.78, 5) is 5.38. The number of allylic oxidation sites excluding steroid dienone is 9. The number of hydrogen-bond acceptors (Lipinski definition) is 2. The van der Waals surface area contributed by atoms with E-state index in [1.54, 1.807) is 0 Å². The van der Waals surface area contributed by atoms with Gasteiger partial charge < -0.3 is 8.98 Å². The number of nitrogens with zero attached hydrogens (tertiary/aromatic N) is 2. The molecule has 54 heavy (non-hydrogen) atoms. The van der Waals surface area contributed by atoms with E-state index in [0.717, 1.165) is 78.1 Å². The van der Waals surface area contributed by atoms with Crippen molar-refractivity contribution in [2.24, 2.45) is 0 Å². The van der Waals surface area contributed by atoms with Gasteiger partial charge >= 0.3 is 0 Å². The van der Waals surface area contributed by atoms with Crippen molar-refractivity contribution < 1.29 is 4.42 Å². The van der Waals surface area contributed by atoms with Gasteiger partial charge in [-0.2, -0.15) is 0 Å². The number of aryl methyl sites for hydroxylation is 1. The molecule has 0 spiro atoms. The maximum Gasteiger partial charge on any atom is 0.143 e. The highest BCUT2D eigenvalue weighted by molar-refractivity contribution is 6.25. The lowest BCUT2D eigenvalue weighted by molar-refractivity contribution is 0.547. The van der Waals surface area contributed by atoms with Gasteiger partial charge in [0.2, 0.25) is 0 Å². The molecule has 8 aromatic rings. The Morgan fingerprint density at radius 3 is 2.24 bits per heavy atom. The number of benzene rings is 5. The molecule has 0 saturated heterocycles. The highest BCUT2D eigenvalue weighted by atomic mass is 16.3. The number of rotatable bonds is 5. The largest absolute Gasteiger partial charge is 0.460 e. The smallest absolute Gasteiger partial charge is 0.143 e. The highest BCUT2D eigenvalue weighted by Crippen LogP contribution is 2.47. The predicted molar refractivity (Wildman–Crippen MR) is 227 cm³/mol. The summed E-state index contributed by atoms with van der Waals surface area (Å²) in [7, 11) is 0. The van der Waals surface area contributed by atoms with Crippen molar-refractivity contribution in [2.75, 3.05) is 0 Å². The lowest BCUT2D eigenvalue weighted by Crippen LogP contribution is -2.00. The predicted octanol–water partition coefficient (Wildman–Crippen LogP) is 13.7. The third-order valence-electron chi connectivity index (χ3n) is 11.6. The maximum atomic E-state index is 7.01. The molecule has 3 heteroatoms. The van der Waals surface area contributed by atoms with E-state index in [-0.39, 0.29) is 0 Å². The first-order valence-corrected chi connectivity index (χ1v) is 19.3. The van der Waals surface area contributed by atoms with E-state index in [4.69, 9.17) is 9.40 Å². The van der Waals surface area contributed by atoms with Crippen LogP contribution < -0.4 is 0 Å². The van der Waals surface area contributed by atoms with E-state index in [1.165, 1.54) is 65.8 Å². The molecule has 3 aromatic heterocycles. The van der Waals surface area contributed by atoms with Gasteiger partial charge in [0.05, 0.1) is 22.4 Å². The second-order valence-corrected chi connectivity index (χ2v) is 14.8. The zero-order valence-corrected chi connectivity index (χ0v) is 30.1. The lowest BCUT2D eigenvalue weighted by Gasteiger charge is -2.18. The summed E-state index contributed by atoms with van der Waals surface area (Å²) < 4.78 is 9.47. The first-order valence-electron chi connectivity index (χ1n) is 19.3. The summed E-state index contributed by atoms with van der Waals surface area (Å²) in [6, 6.07) is 42.1. The topological polar surface area (TPSA) is 31.0 Å². The maximum absolute atomic E-state index is 7.01. The molecule has 3 aliphatic carbocycles. The Bertz CT molecular complexity index is 2980. The van der Waals surface area contributed by atoms with Crippen molar-refractivity contribution in [1.29, 1.82) is 0 Å². The molecule has 0 amide bonds. The SMILES string of the molecule is C1=CC(c2cc(-c3cc4c(c5ccccc5n4-c4ccc5ccccc5c4)c4c5c(oc34)CCC=C5)cc(C3=CC=C(c4ccccc4)CC3)n2)=CCC1. The van der Waals surface area contributed by atoms with Crippen molar-refractivity contribution in [2.45, 2.75) is 38.5 Å². The first-order chi connectivity index (χ1) is 26.8. The van der Waals surface area contributed by atoms with Gasteiger partial charge in [-0.3, -0.25) is 0 Å². The van der Waals surface area contributed by atoms with Crippen LogP contribution in [-0.4, -0.2) is 9.55 Å². The van der Waals surface area contributed by atoms with Crippen LogP contribution in [0.5, 0.6) is 0 Å². The number of fused-ring (bicyclic) bond motifs is 8. The molecule has 258 valence electrons. The average molecular weight is 695 g/mol. The van der Waals surface area contributed by atoms with Gasteiger partial charge in [-0.15, -0.1) is 0 Å². The minimum atomic E-state index is 0.901. The van der Waals surface area contributed by atoms with Gasteiger partial charge in [0.15, 0.2) is 0 Å². The Balaban J connectivity index is 1.20. The van der Waals surface area contributed by atoms with Gasteiger partial charge in [0, 0.05) is 39.4 Å². The summed E-state index contributed by atoms with van der Waals surface area (Å²) in [5, 5.41) is 6.16. The molecule has 0 fully saturated rings. The molecule has 0 N–H and O–H groups in total. The molecule has 0 aliphatic heterocycles. The Morgan fingerprint density at radius 2 is 1.37 bits per heavy atom. The van der Waals surface area contributed by atoms with Crippen LogP contribution >= 0.6 is 0 Å². The van der Waals surface area contributed by atoms with E-state index in [9.17, 15) is 0 Å². The minimum absolute atomic E-state index is 0.901. The van der Waals surface area contributed by atoms with Gasteiger partial charge in [-0.05, 0) is 107 Å². The van der Waals surface area contributed by atoms with Crippen molar-refractivity contribution in [3.63, 3.8) is 0 Å². The van der Waals surface area contributed by atoms with Gasteiger partial charge in [0.25, 0.3) is 0 Å². The van der Waals surface area contributed by atoms with E-state index in [0.29, 0.717) is 0 Å². The number of aromatic nitrogens is 2. The zero-order valence-electron chi connectivity index (χ0n) is 30.1. The number of pyridine rings is 1. The van der Waals surface area contributed by atoms with Crippen molar-refractivity contribution in [3.05, 3.63) is 180 Å². The molecule has 5 aromatic carbocycles. The third kappa shape index (κ3) is 5.07. The lowest BCUT2D eigenvalue weighted by atomic mass is 9.90. The fourth-order valence-electron chi connectivity index (χ4n) is 8.92. The average Bonchev–Trinajstić information content (AvgIpc) is 3.80. The molecule has 0 bridgehead atoms. The van der Waals surface area contributed by atoms with Crippen molar-refractivity contribution in [3.8, 4) is 16.8 Å². The van der Waals surface area contributed by atoms with Crippen molar-refractivity contribution in [1.82, 2.24) is 9.55 Å².